The van der Waals surface area contributed by atoms with E-state index in [0.29, 0.717) is 71.7 Å². The number of terminal acetylenes is 1. The molecule has 12 heteroatoms. The van der Waals surface area contributed by atoms with E-state index in [-0.39, 0.29) is 50.0 Å². The predicted octanol–water partition coefficient (Wildman–Crippen LogP) is 1.76. The second-order valence-electron chi connectivity index (χ2n) is 14.5. The van der Waals surface area contributed by atoms with E-state index in [1.165, 1.54) is 0 Å². The quantitative estimate of drug-likeness (QED) is 0.154. The van der Waals surface area contributed by atoms with Gasteiger partial charge in [0.2, 0.25) is 5.91 Å². The Morgan fingerprint density at radius 3 is 1.13 bits per heavy atom. The van der Waals surface area contributed by atoms with Gasteiger partial charge in [-0.3, -0.25) is 38.8 Å². The van der Waals surface area contributed by atoms with Crippen LogP contribution in [0.2, 0.25) is 0 Å². The molecule has 1 aliphatic heterocycles. The van der Waals surface area contributed by atoms with E-state index in [0.717, 1.165) is 0 Å². The van der Waals surface area contributed by atoms with Crippen molar-refractivity contribution in [2.24, 2.45) is 0 Å². The van der Waals surface area contributed by atoms with E-state index in [4.69, 9.17) is 20.6 Å². The number of nitrogens with zero attached hydrogens (tertiary/aromatic N) is 4. The van der Waals surface area contributed by atoms with Crippen molar-refractivity contribution in [3.05, 3.63) is 0 Å². The minimum atomic E-state index is -0.619. The van der Waals surface area contributed by atoms with Crippen LogP contribution in [-0.4, -0.2) is 145 Å². The molecule has 1 aliphatic rings. The van der Waals surface area contributed by atoms with Crippen molar-refractivity contribution in [2.75, 3.05) is 85.1 Å². The number of carbonyl (C=O) groups excluding carboxylic acids is 4. The third kappa shape index (κ3) is 21.6. The highest BCUT2D eigenvalue weighted by Gasteiger charge is 2.26. The smallest absolute Gasteiger partial charge is 0.320 e. The van der Waals surface area contributed by atoms with Crippen LogP contribution in [0.15, 0.2) is 0 Å². The highest BCUT2D eigenvalue weighted by molar-refractivity contribution is 5.78. The van der Waals surface area contributed by atoms with Gasteiger partial charge in [0.05, 0.1) is 26.2 Å². The monoisotopic (exact) mass is 637 g/mol. The van der Waals surface area contributed by atoms with Gasteiger partial charge in [0.15, 0.2) is 0 Å². The van der Waals surface area contributed by atoms with Crippen molar-refractivity contribution < 1.29 is 33.4 Å². The molecule has 0 radical (unpaired) electrons. The topological polar surface area (TPSA) is 121 Å². The van der Waals surface area contributed by atoms with Gasteiger partial charge in [0.1, 0.15) is 16.8 Å². The van der Waals surface area contributed by atoms with Gasteiger partial charge in [0.25, 0.3) is 0 Å². The summed E-state index contributed by atoms with van der Waals surface area (Å²) in [6.07, 6.45) is 6.62. The molecule has 0 aromatic rings. The molecule has 0 saturated carbocycles. The van der Waals surface area contributed by atoms with E-state index in [1.54, 1.807) is 0 Å². The van der Waals surface area contributed by atoms with Crippen LogP contribution in [0.5, 0.6) is 0 Å². The fraction of sp³-hybridized carbons (Fsp3) is 0.818. The number of amides is 1. The van der Waals surface area contributed by atoms with Crippen LogP contribution >= 0.6 is 0 Å². The first-order valence-electron chi connectivity index (χ1n) is 16.0. The minimum absolute atomic E-state index is 0.0732. The average molecular weight is 638 g/mol. The molecule has 0 aliphatic carbocycles. The van der Waals surface area contributed by atoms with E-state index >= 15 is 0 Å². The first-order chi connectivity index (χ1) is 20.7. The van der Waals surface area contributed by atoms with Gasteiger partial charge < -0.3 is 19.5 Å². The summed E-state index contributed by atoms with van der Waals surface area (Å²) in [6.45, 7) is 21.3. The number of esters is 3. The van der Waals surface area contributed by atoms with Crippen LogP contribution in [0.3, 0.4) is 0 Å². The van der Waals surface area contributed by atoms with Crippen molar-refractivity contribution in [1.29, 1.82) is 0 Å². The van der Waals surface area contributed by atoms with Crippen molar-refractivity contribution in [3.63, 3.8) is 0 Å². The van der Waals surface area contributed by atoms with Crippen molar-refractivity contribution in [3.8, 4) is 12.3 Å². The van der Waals surface area contributed by atoms with E-state index in [9.17, 15) is 19.2 Å². The molecule has 1 rings (SSSR count). The van der Waals surface area contributed by atoms with E-state index in [1.807, 2.05) is 81.9 Å². The molecule has 45 heavy (non-hydrogen) atoms. The van der Waals surface area contributed by atoms with Gasteiger partial charge in [-0.15, -0.1) is 12.3 Å². The highest BCUT2D eigenvalue weighted by atomic mass is 16.6. The molecule has 0 spiro atoms. The summed E-state index contributed by atoms with van der Waals surface area (Å²) >= 11 is 0. The molecule has 0 aromatic carbocycles. The number of ether oxygens (including phenoxy) is 3. The maximum atomic E-state index is 12.8. The molecule has 1 saturated heterocycles. The van der Waals surface area contributed by atoms with Crippen LogP contribution in [-0.2, 0) is 33.4 Å². The van der Waals surface area contributed by atoms with E-state index in [2.05, 4.69) is 11.2 Å². The van der Waals surface area contributed by atoms with Crippen LogP contribution in [0.25, 0.3) is 0 Å². The number of hydrogen-bond donors (Lipinski definition) is 1. The molecule has 0 bridgehead atoms. The van der Waals surface area contributed by atoms with Crippen molar-refractivity contribution in [2.45, 2.75) is 92.0 Å². The summed E-state index contributed by atoms with van der Waals surface area (Å²) in [5.41, 5.74) is -1.85. The minimum Gasteiger partial charge on any atom is -0.459 e. The molecule has 1 N–H and O–H groups in total. The zero-order valence-corrected chi connectivity index (χ0v) is 29.3. The summed E-state index contributed by atoms with van der Waals surface area (Å²) < 4.78 is 16.8. The SMILES string of the molecule is C#CCCCNC(=O)CN1CCN(CC(=O)OC(C)(C)C)CCN(CC(=O)OC(C)(C)C)CCN(CC(=O)OC(C)(C)C)CC1. The van der Waals surface area contributed by atoms with Gasteiger partial charge in [-0.05, 0) is 68.7 Å². The lowest BCUT2D eigenvalue weighted by Crippen LogP contribution is -2.50. The number of carbonyl (C=O) groups is 4. The Kier molecular flexibility index (Phi) is 17.1. The summed E-state index contributed by atoms with van der Waals surface area (Å²) in [4.78, 5) is 59.2. The number of unbranched alkanes of at least 4 members (excludes halogenated alkanes) is 1. The largest absolute Gasteiger partial charge is 0.459 e. The molecule has 1 amide bonds. The second kappa shape index (κ2) is 19.1. The average Bonchev–Trinajstić information content (AvgIpc) is 2.84. The molecule has 0 unspecified atom stereocenters. The molecule has 12 nitrogen and oxygen atoms in total. The van der Waals surface area contributed by atoms with Gasteiger partial charge in [-0.2, -0.15) is 0 Å². The van der Waals surface area contributed by atoms with Crippen LogP contribution in [0.4, 0.5) is 0 Å². The first kappa shape index (κ1) is 40.3. The van der Waals surface area contributed by atoms with Crippen LogP contribution in [0.1, 0.15) is 75.2 Å². The van der Waals surface area contributed by atoms with Crippen molar-refractivity contribution >= 4 is 23.8 Å². The standard InChI is InChI=1S/C33H59N5O7/c1-11-12-13-14-34-27(39)23-35-15-17-36(24-28(40)43-31(2,3)4)19-21-38(26-30(42)45-33(8,9)10)22-20-37(18-16-35)25-29(41)44-32(5,6)7/h1H,12-26H2,2-10H3,(H,34,39). The Labute approximate surface area is 271 Å². The molecule has 0 atom stereocenters. The number of rotatable bonds is 11. The molecular weight excluding hydrogens is 578 g/mol. The summed E-state index contributed by atoms with van der Waals surface area (Å²) in [7, 11) is 0. The van der Waals surface area contributed by atoms with Crippen LogP contribution < -0.4 is 5.32 Å². The zero-order chi connectivity index (χ0) is 34.3. The Balaban J connectivity index is 3.18. The predicted molar refractivity (Wildman–Crippen MR) is 174 cm³/mol. The normalized spacial score (nSPS) is 17.3. The molecular formula is C33H59N5O7. The maximum absolute atomic E-state index is 12.8. The third-order valence-corrected chi connectivity index (χ3v) is 6.44. The molecule has 1 heterocycles. The lowest BCUT2D eigenvalue weighted by atomic mass is 10.2. The second-order valence-corrected chi connectivity index (χ2v) is 14.5. The Morgan fingerprint density at radius 2 is 0.867 bits per heavy atom. The summed E-state index contributed by atoms with van der Waals surface area (Å²) in [6, 6.07) is 0. The fourth-order valence-corrected chi connectivity index (χ4v) is 4.56. The number of hydrogen-bond acceptors (Lipinski definition) is 11. The van der Waals surface area contributed by atoms with Crippen molar-refractivity contribution in [1.82, 2.24) is 24.9 Å². The Bertz CT molecular complexity index is 945. The third-order valence-electron chi connectivity index (χ3n) is 6.44. The zero-order valence-electron chi connectivity index (χ0n) is 29.3. The lowest BCUT2D eigenvalue weighted by Gasteiger charge is -2.34. The van der Waals surface area contributed by atoms with Gasteiger partial charge >= 0.3 is 17.9 Å². The summed E-state index contributed by atoms with van der Waals surface area (Å²) in [5.74, 6) is 1.45. The van der Waals surface area contributed by atoms with Gasteiger partial charge in [-0.25, -0.2) is 0 Å². The van der Waals surface area contributed by atoms with Gasteiger partial charge in [0, 0.05) is 65.3 Å². The summed E-state index contributed by atoms with van der Waals surface area (Å²) in [5, 5.41) is 2.93. The fourth-order valence-electron chi connectivity index (χ4n) is 4.56. The Hall–Kier alpha value is -2.72. The maximum Gasteiger partial charge on any atom is 0.320 e. The van der Waals surface area contributed by atoms with E-state index < -0.39 is 16.8 Å². The number of nitrogens with one attached hydrogen (secondary N) is 1. The lowest BCUT2D eigenvalue weighted by molar-refractivity contribution is -0.158. The molecule has 258 valence electrons. The van der Waals surface area contributed by atoms with Gasteiger partial charge in [-0.1, -0.05) is 0 Å². The molecule has 1 fully saturated rings. The Morgan fingerprint density at radius 1 is 0.578 bits per heavy atom. The first-order valence-corrected chi connectivity index (χ1v) is 16.0. The molecule has 0 aromatic heterocycles. The highest BCUT2D eigenvalue weighted by Crippen LogP contribution is 2.11. The van der Waals surface area contributed by atoms with Crippen LogP contribution in [0, 0.1) is 12.3 Å².